The van der Waals surface area contributed by atoms with Crippen molar-refractivity contribution in [3.05, 3.63) is 29.3 Å². The van der Waals surface area contributed by atoms with Crippen LogP contribution >= 0.6 is 12.2 Å². The first-order valence-corrected chi connectivity index (χ1v) is 7.87. The highest BCUT2D eigenvalue weighted by molar-refractivity contribution is 7.80. The maximum Gasteiger partial charge on any atom is 0.185 e. The van der Waals surface area contributed by atoms with Crippen LogP contribution in [0.1, 0.15) is 43.7 Å². The Morgan fingerprint density at radius 3 is 2.65 bits per heavy atom. The average Bonchev–Trinajstić information content (AvgIpc) is 2.40. The molecule has 1 aromatic rings. The zero-order valence-electron chi connectivity index (χ0n) is 12.6. The molecule has 0 aromatic heterocycles. The van der Waals surface area contributed by atoms with Crippen molar-refractivity contribution >= 4 is 23.0 Å². The number of aryl methyl sites for hydroxylation is 2. The minimum atomic E-state index is 0.504. The molecule has 3 nitrogen and oxygen atoms in total. The number of hydrazine groups is 1. The molecular formula is C16H25N3S. The molecule has 1 aromatic carbocycles. The summed E-state index contributed by atoms with van der Waals surface area (Å²) in [5, 5.41) is 4.11. The smallest absolute Gasteiger partial charge is 0.185 e. The quantitative estimate of drug-likeness (QED) is 0.586. The van der Waals surface area contributed by atoms with E-state index in [1.165, 1.54) is 36.8 Å². The van der Waals surface area contributed by atoms with E-state index in [4.69, 9.17) is 12.2 Å². The molecule has 0 saturated heterocycles. The van der Waals surface area contributed by atoms with E-state index in [1.807, 2.05) is 0 Å². The van der Waals surface area contributed by atoms with Gasteiger partial charge < -0.3 is 5.32 Å². The van der Waals surface area contributed by atoms with Gasteiger partial charge in [0.1, 0.15) is 0 Å². The first-order chi connectivity index (χ1) is 9.56. The van der Waals surface area contributed by atoms with Gasteiger partial charge in [-0.25, -0.2) is 0 Å². The van der Waals surface area contributed by atoms with Crippen LogP contribution in [0.15, 0.2) is 18.2 Å². The molecule has 0 unspecified atom stereocenters. The standard InChI is InChI=1S/C16H25N3S/c1-11-8-9-15(13(3)10-11)18-19-16(20)17-14-7-5-4-6-12(14)2/h8-10,12,14,18H,4-7H2,1-3H3,(H2,17,19,20)/t12-,14-/m1/s1. The molecule has 110 valence electrons. The normalized spacial score (nSPS) is 22.1. The Morgan fingerprint density at radius 2 is 1.95 bits per heavy atom. The van der Waals surface area contributed by atoms with E-state index in [9.17, 15) is 0 Å². The van der Waals surface area contributed by atoms with Crippen LogP contribution in [-0.2, 0) is 0 Å². The van der Waals surface area contributed by atoms with Crippen molar-refractivity contribution < 1.29 is 0 Å². The van der Waals surface area contributed by atoms with Crippen molar-refractivity contribution in [2.75, 3.05) is 5.43 Å². The van der Waals surface area contributed by atoms with Crippen molar-refractivity contribution in [3.63, 3.8) is 0 Å². The highest BCUT2D eigenvalue weighted by atomic mass is 32.1. The number of rotatable bonds is 3. The number of thiocarbonyl (C=S) groups is 1. The molecule has 1 aliphatic rings. The lowest BCUT2D eigenvalue weighted by molar-refractivity contribution is 0.308. The highest BCUT2D eigenvalue weighted by Gasteiger charge is 2.21. The lowest BCUT2D eigenvalue weighted by Crippen LogP contribution is -2.47. The van der Waals surface area contributed by atoms with Crippen LogP contribution in [0.3, 0.4) is 0 Å². The van der Waals surface area contributed by atoms with Gasteiger partial charge in [-0.2, -0.15) is 0 Å². The molecule has 0 aliphatic heterocycles. The second-order valence-electron chi connectivity index (χ2n) is 5.91. The Kier molecular flexibility index (Phi) is 5.24. The molecule has 2 atom stereocenters. The van der Waals surface area contributed by atoms with Crippen LogP contribution in [0, 0.1) is 19.8 Å². The largest absolute Gasteiger partial charge is 0.358 e. The molecule has 0 radical (unpaired) electrons. The van der Waals surface area contributed by atoms with E-state index in [2.05, 4.69) is 55.1 Å². The Morgan fingerprint density at radius 1 is 1.20 bits per heavy atom. The van der Waals surface area contributed by atoms with Gasteiger partial charge in [0, 0.05) is 6.04 Å². The molecular weight excluding hydrogens is 266 g/mol. The van der Waals surface area contributed by atoms with E-state index in [0.29, 0.717) is 17.1 Å². The second-order valence-corrected chi connectivity index (χ2v) is 6.32. The van der Waals surface area contributed by atoms with Crippen LogP contribution in [0.5, 0.6) is 0 Å². The highest BCUT2D eigenvalue weighted by Crippen LogP contribution is 2.23. The average molecular weight is 291 g/mol. The number of hydrogen-bond donors (Lipinski definition) is 3. The molecule has 3 N–H and O–H groups in total. The van der Waals surface area contributed by atoms with Gasteiger partial charge in [-0.05, 0) is 56.5 Å². The van der Waals surface area contributed by atoms with Gasteiger partial charge in [0.05, 0.1) is 5.69 Å². The van der Waals surface area contributed by atoms with E-state index in [1.54, 1.807) is 0 Å². The lowest BCUT2D eigenvalue weighted by Gasteiger charge is -2.30. The second kappa shape index (κ2) is 6.93. The topological polar surface area (TPSA) is 36.1 Å². The molecule has 0 bridgehead atoms. The zero-order valence-corrected chi connectivity index (χ0v) is 13.4. The van der Waals surface area contributed by atoms with Crippen LogP contribution in [-0.4, -0.2) is 11.2 Å². The Labute approximate surface area is 127 Å². The fourth-order valence-electron chi connectivity index (χ4n) is 2.81. The Hall–Kier alpha value is -1.29. The first kappa shape index (κ1) is 15.1. The zero-order chi connectivity index (χ0) is 14.5. The lowest BCUT2D eigenvalue weighted by atomic mass is 9.86. The number of anilines is 1. The van der Waals surface area contributed by atoms with Gasteiger partial charge in [0.15, 0.2) is 5.11 Å². The summed E-state index contributed by atoms with van der Waals surface area (Å²) in [5.74, 6) is 0.699. The third kappa shape index (κ3) is 4.10. The van der Waals surface area contributed by atoms with Gasteiger partial charge >= 0.3 is 0 Å². The SMILES string of the molecule is Cc1ccc(NNC(=S)N[C@@H]2CCCC[C@H]2C)c(C)c1. The predicted octanol–water partition coefficient (Wildman–Crippen LogP) is 3.67. The Bertz CT molecular complexity index is 473. The fourth-order valence-corrected chi connectivity index (χ4v) is 3.02. The van der Waals surface area contributed by atoms with Crippen LogP contribution in [0.4, 0.5) is 5.69 Å². The Balaban J connectivity index is 1.82. The summed E-state index contributed by atoms with van der Waals surface area (Å²) in [6.45, 7) is 6.49. The maximum absolute atomic E-state index is 5.37. The van der Waals surface area contributed by atoms with Gasteiger partial charge in [0.2, 0.25) is 0 Å². The molecule has 2 rings (SSSR count). The minimum Gasteiger partial charge on any atom is -0.358 e. The first-order valence-electron chi connectivity index (χ1n) is 7.46. The molecule has 0 amide bonds. The summed E-state index contributed by atoms with van der Waals surface area (Å²) in [6, 6.07) is 6.83. The molecule has 1 fully saturated rings. The van der Waals surface area contributed by atoms with Crippen molar-refractivity contribution in [1.82, 2.24) is 10.7 Å². The fraction of sp³-hybridized carbons (Fsp3) is 0.562. The molecule has 1 saturated carbocycles. The van der Waals surface area contributed by atoms with Crippen LogP contribution in [0.25, 0.3) is 0 Å². The summed E-state index contributed by atoms with van der Waals surface area (Å²) in [5.41, 5.74) is 9.84. The van der Waals surface area contributed by atoms with E-state index < -0.39 is 0 Å². The number of hydrogen-bond acceptors (Lipinski definition) is 2. The number of benzene rings is 1. The van der Waals surface area contributed by atoms with E-state index in [-0.39, 0.29) is 0 Å². The third-order valence-electron chi connectivity index (χ3n) is 4.12. The number of nitrogens with one attached hydrogen (secondary N) is 3. The van der Waals surface area contributed by atoms with E-state index >= 15 is 0 Å². The summed E-state index contributed by atoms with van der Waals surface area (Å²) in [7, 11) is 0. The monoisotopic (exact) mass is 291 g/mol. The van der Waals surface area contributed by atoms with Gasteiger partial charge in [-0.15, -0.1) is 0 Å². The van der Waals surface area contributed by atoms with Gasteiger partial charge in [-0.3, -0.25) is 10.9 Å². The molecule has 0 spiro atoms. The predicted molar refractivity (Wildman–Crippen MR) is 89.8 cm³/mol. The van der Waals surface area contributed by atoms with E-state index in [0.717, 1.165) is 5.69 Å². The minimum absolute atomic E-state index is 0.504. The summed E-state index contributed by atoms with van der Waals surface area (Å²) >= 11 is 5.37. The van der Waals surface area contributed by atoms with Crippen molar-refractivity contribution in [1.29, 1.82) is 0 Å². The summed E-state index contributed by atoms with van der Waals surface area (Å²) in [6.07, 6.45) is 5.16. The molecule has 1 aliphatic carbocycles. The molecule has 4 heteroatoms. The van der Waals surface area contributed by atoms with Gasteiger partial charge in [-0.1, -0.05) is 37.5 Å². The maximum atomic E-state index is 5.37. The summed E-state index contributed by atoms with van der Waals surface area (Å²) in [4.78, 5) is 0. The van der Waals surface area contributed by atoms with Crippen LogP contribution in [0.2, 0.25) is 0 Å². The molecule has 20 heavy (non-hydrogen) atoms. The van der Waals surface area contributed by atoms with Crippen molar-refractivity contribution in [2.24, 2.45) is 5.92 Å². The van der Waals surface area contributed by atoms with Gasteiger partial charge in [0.25, 0.3) is 0 Å². The summed E-state index contributed by atoms with van der Waals surface area (Å²) < 4.78 is 0. The molecule has 0 heterocycles. The van der Waals surface area contributed by atoms with Crippen LogP contribution < -0.4 is 16.2 Å². The third-order valence-corrected chi connectivity index (χ3v) is 4.34. The van der Waals surface area contributed by atoms with Crippen molar-refractivity contribution in [3.8, 4) is 0 Å². The van der Waals surface area contributed by atoms with Crippen molar-refractivity contribution in [2.45, 2.75) is 52.5 Å².